The number of carbonyl (C=O) groups excluding carboxylic acids is 6. The second-order valence-electron chi connectivity index (χ2n) is 14.3. The number of ketones is 3. The van der Waals surface area contributed by atoms with Crippen molar-refractivity contribution >= 4 is 35.6 Å². The van der Waals surface area contributed by atoms with Gasteiger partial charge in [-0.3, -0.25) is 14.4 Å². The Balaban J connectivity index is 0.000000563. The van der Waals surface area contributed by atoms with Gasteiger partial charge in [0.25, 0.3) is 0 Å². The minimum Gasteiger partial charge on any atom is -0.444 e. The van der Waals surface area contributed by atoms with Crippen LogP contribution in [0.4, 0.5) is 14.4 Å². The van der Waals surface area contributed by atoms with Crippen molar-refractivity contribution in [1.82, 2.24) is 30.7 Å². The zero-order valence-corrected chi connectivity index (χ0v) is 34.9. The zero-order valence-electron chi connectivity index (χ0n) is 66.9. The quantitative estimate of drug-likeness (QED) is 0.298. The Hall–Kier alpha value is -3.42. The Morgan fingerprint density at radius 1 is 0.500 bits per heavy atom. The molecule has 0 radical (unpaired) electrons. The third kappa shape index (κ3) is 30.6. The Morgan fingerprint density at radius 2 is 0.883 bits per heavy atom. The molecule has 6 aliphatic rings. The van der Waals surface area contributed by atoms with E-state index >= 15 is 0 Å². The number of hydrogen-bond donors (Lipinski definition) is 3. The van der Waals surface area contributed by atoms with Crippen LogP contribution in [0.1, 0.15) is 145 Å². The summed E-state index contributed by atoms with van der Waals surface area (Å²) in [6.45, 7) is -17.3. The van der Waals surface area contributed by atoms with Gasteiger partial charge in [0, 0.05) is 149 Å². The number of ether oxygens (including phenoxy) is 6. The van der Waals surface area contributed by atoms with Crippen LogP contribution in [0.15, 0.2) is 0 Å². The standard InChI is InChI=1S/3C10H17NO3.3C4H9NO/c3*1-10(2,3)14-9(13)11-6-4-8(12)5-7-11;3*1-3-6-4-2-5-1/h3*4-7H2,1-3H3;3*5H,1-4H2/i4D2,5D2,6D2,7D2;6D2,7D2;4D2,5D2;1D2,2D2,3D2,4D2;3D2,4D2;1D2,2D2. The topological polar surface area (TPSA) is 204 Å². The Bertz CT molecular complexity index is 2480. The molecule has 6 rings (SSSR count). The highest BCUT2D eigenvalue weighted by molar-refractivity contribution is 5.82. The van der Waals surface area contributed by atoms with E-state index in [9.17, 15) is 28.8 Å². The van der Waals surface area contributed by atoms with Gasteiger partial charge in [-0.15, -0.1) is 0 Å². The smallest absolute Gasteiger partial charge is 0.410 e. The fourth-order valence-electron chi connectivity index (χ4n) is 3.20. The first kappa shape index (κ1) is 22.3. The lowest BCUT2D eigenvalue weighted by Crippen LogP contribution is -2.41. The SMILES string of the molecule is [2H]C1([2H])C(=O)C([2H])([2H])C([2H])([2H])N(C(=O)OC(C)(C)C)C1([2H])[2H].[2H]C1([2H])CC(=O)CC([2H])([2H])N1C(=O)OC(C)(C)C.[2H]C1([2H])CN(C(=O)OC(C)(C)C)CC([2H])([2H])C1=O.[2H]C1([2H])CNCC([2H])([2H])O1.[2H]C1([2H])COCC([2H])([2H])N1.[2H]C1([2H])NC([2H])([2H])C([2H])([2H])OC1([2H])[2H]. The first-order valence-electron chi connectivity index (χ1n) is 33.8. The molecule has 6 heterocycles. The number of morpholine rings is 3. The van der Waals surface area contributed by atoms with Gasteiger partial charge in [-0.25, -0.2) is 14.4 Å². The van der Waals surface area contributed by atoms with E-state index in [1.54, 1.807) is 46.9 Å². The van der Waals surface area contributed by atoms with Crippen molar-refractivity contribution in [2.75, 3.05) is 118 Å². The highest BCUT2D eigenvalue weighted by Gasteiger charge is 2.27. The first-order valence-corrected chi connectivity index (χ1v) is 17.8. The molecular formula is C42H78N6O12. The van der Waals surface area contributed by atoms with Crippen LogP contribution in [0.5, 0.6) is 0 Å². The van der Waals surface area contributed by atoms with Crippen LogP contribution in [-0.4, -0.2) is 185 Å². The van der Waals surface area contributed by atoms with E-state index in [1.165, 1.54) is 20.8 Å². The molecular weight excluding hydrogens is 780 g/mol. The first-order chi connectivity index (χ1) is 39.8. The summed E-state index contributed by atoms with van der Waals surface area (Å²) < 4.78 is 262. The molecule has 348 valence electrons. The predicted molar refractivity (Wildman–Crippen MR) is 227 cm³/mol. The van der Waals surface area contributed by atoms with Gasteiger partial charge in [-0.05, 0) is 62.3 Å². The predicted octanol–water partition coefficient (Wildman–Crippen LogP) is 3.58. The van der Waals surface area contributed by atoms with Gasteiger partial charge in [0.15, 0.2) is 0 Å². The maximum Gasteiger partial charge on any atom is 0.410 e. The van der Waals surface area contributed by atoms with Crippen molar-refractivity contribution in [2.45, 2.75) is 117 Å². The average Bonchev–Trinajstić information content (AvgIpc) is 0.698. The number of piperidine rings is 3. The monoisotopic (exact) mass is 891 g/mol. The molecule has 6 saturated heterocycles. The molecule has 0 aromatic heterocycles. The van der Waals surface area contributed by atoms with E-state index in [2.05, 4.69) is 24.8 Å². The summed E-state index contributed by atoms with van der Waals surface area (Å²) in [5.41, 5.74) is -2.76. The Kier molecular flexibility index (Phi) is 11.1. The van der Waals surface area contributed by atoms with Crippen LogP contribution in [0, 0.1) is 0 Å². The molecule has 0 bridgehead atoms. The average molecular weight is 891 g/mol. The van der Waals surface area contributed by atoms with E-state index in [-0.39, 0.29) is 31.2 Å². The van der Waals surface area contributed by atoms with Crippen molar-refractivity contribution in [3.05, 3.63) is 0 Å². The molecule has 0 aromatic carbocycles. The van der Waals surface area contributed by atoms with Gasteiger partial charge in [-0.1, -0.05) is 0 Å². The molecule has 6 aliphatic heterocycles. The third-order valence-corrected chi connectivity index (χ3v) is 5.49. The number of nitrogens with zero attached hydrogens (tertiary/aromatic N) is 3. The molecule has 0 spiro atoms. The molecule has 0 atom stereocenters. The Morgan fingerprint density at radius 3 is 1.25 bits per heavy atom. The lowest BCUT2D eigenvalue weighted by Gasteiger charge is -2.29. The molecule has 6 fully saturated rings. The van der Waals surface area contributed by atoms with Gasteiger partial charge in [0.05, 0.1) is 50.4 Å². The molecule has 0 aliphatic carbocycles. The van der Waals surface area contributed by atoms with Crippen molar-refractivity contribution in [1.29, 1.82) is 0 Å². The van der Waals surface area contributed by atoms with Crippen LogP contribution >= 0.6 is 0 Å². The number of hydrogen-bond acceptors (Lipinski definition) is 15. The molecule has 0 unspecified atom stereocenters. The molecule has 3 amide bonds. The van der Waals surface area contributed by atoms with Crippen LogP contribution in [-0.2, 0) is 42.8 Å². The lowest BCUT2D eigenvalue weighted by atomic mass is 10.1. The summed E-state index contributed by atoms with van der Waals surface area (Å²) in [4.78, 5) is 71.3. The third-order valence-electron chi connectivity index (χ3n) is 5.49. The second kappa shape index (κ2) is 29.8. The fraction of sp³-hybridized carbons (Fsp3) is 0.857. The molecule has 18 nitrogen and oxygen atoms in total. The molecule has 0 saturated carbocycles. The van der Waals surface area contributed by atoms with Crippen molar-refractivity contribution in [3.8, 4) is 0 Å². The molecule has 18 heteroatoms. The maximum absolute atomic E-state index is 12.1. The highest BCUT2D eigenvalue weighted by Crippen LogP contribution is 2.15. The zero-order chi connectivity index (χ0) is 73.7. The summed E-state index contributed by atoms with van der Waals surface area (Å²) in [6.07, 6.45) is -16.2. The van der Waals surface area contributed by atoms with Crippen molar-refractivity contribution in [2.24, 2.45) is 0 Å². The summed E-state index contributed by atoms with van der Waals surface area (Å²) in [5, 5.41) is 6.37. The van der Waals surface area contributed by atoms with E-state index in [0.717, 1.165) is 4.90 Å². The number of likely N-dealkylation sites (tertiary alicyclic amines) is 3. The van der Waals surface area contributed by atoms with E-state index in [1.807, 2.05) is 0 Å². The minimum atomic E-state index is -3.45. The Labute approximate surface area is 403 Å². The van der Waals surface area contributed by atoms with E-state index < -0.39 is 182 Å². The number of nitrogens with one attached hydrogen (secondary N) is 3. The van der Waals surface area contributed by atoms with Gasteiger partial charge in [0.2, 0.25) is 0 Å². The summed E-state index contributed by atoms with van der Waals surface area (Å²) in [7, 11) is 0. The van der Waals surface area contributed by atoms with Crippen molar-refractivity contribution in [3.63, 3.8) is 0 Å². The van der Waals surface area contributed by atoms with Crippen LogP contribution in [0.25, 0.3) is 0 Å². The van der Waals surface area contributed by atoms with Gasteiger partial charge >= 0.3 is 18.3 Å². The second-order valence-corrected chi connectivity index (χ2v) is 14.3. The summed E-state index contributed by atoms with van der Waals surface area (Å²) in [6, 6.07) is 0. The summed E-state index contributed by atoms with van der Waals surface area (Å²) in [5.74, 6) is -3.59. The molecule has 3 N–H and O–H groups in total. The van der Waals surface area contributed by atoms with Gasteiger partial charge in [-0.2, -0.15) is 0 Å². The van der Waals surface area contributed by atoms with Gasteiger partial charge < -0.3 is 59.1 Å². The largest absolute Gasteiger partial charge is 0.444 e. The molecule has 60 heavy (non-hydrogen) atoms. The van der Waals surface area contributed by atoms with Crippen LogP contribution in [0.2, 0.25) is 0 Å². The maximum atomic E-state index is 12.1. The van der Waals surface area contributed by atoms with E-state index in [0.29, 0.717) is 4.90 Å². The minimum absolute atomic E-state index is 0.0481. The number of amides is 3. The summed E-state index contributed by atoms with van der Waals surface area (Å²) >= 11 is 0. The fourth-order valence-corrected chi connectivity index (χ4v) is 3.20. The number of carbonyl (C=O) groups is 6. The van der Waals surface area contributed by atoms with Crippen molar-refractivity contribution < 1.29 is 101 Å². The highest BCUT2D eigenvalue weighted by atomic mass is 16.6. The number of Topliss-reactive ketones (excluding diaryl/α,β-unsaturated/α-hetero) is 3. The number of rotatable bonds is 0. The van der Waals surface area contributed by atoms with Crippen LogP contribution < -0.4 is 16.0 Å². The van der Waals surface area contributed by atoms with Crippen LogP contribution in [0.3, 0.4) is 0 Å². The van der Waals surface area contributed by atoms with E-state index in [4.69, 9.17) is 58.1 Å². The molecule has 0 aromatic rings. The normalized spacial score (nSPS) is 41.3. The van der Waals surface area contributed by atoms with Gasteiger partial charge in [0.1, 0.15) is 34.2 Å². The lowest BCUT2D eigenvalue weighted by molar-refractivity contribution is -0.122.